The van der Waals surface area contributed by atoms with Gasteiger partial charge in [0.05, 0.1) is 0 Å². The lowest BCUT2D eigenvalue weighted by Crippen LogP contribution is -2.58. The number of piperidine rings is 1. The van der Waals surface area contributed by atoms with E-state index in [2.05, 4.69) is 18.7 Å². The van der Waals surface area contributed by atoms with Gasteiger partial charge in [-0.2, -0.15) is 0 Å². The van der Waals surface area contributed by atoms with Gasteiger partial charge in [0.25, 0.3) is 0 Å². The van der Waals surface area contributed by atoms with Crippen LogP contribution in [0.1, 0.15) is 78.1 Å². The van der Waals surface area contributed by atoms with Crippen molar-refractivity contribution in [3.63, 3.8) is 0 Å². The van der Waals surface area contributed by atoms with Gasteiger partial charge in [-0.1, -0.05) is 39.0 Å². The first-order chi connectivity index (χ1) is 9.65. The van der Waals surface area contributed by atoms with Crippen LogP contribution in [-0.4, -0.2) is 34.1 Å². The summed E-state index contributed by atoms with van der Waals surface area (Å²) in [6.45, 7) is 4.48. The Morgan fingerprint density at radius 2 is 1.95 bits per heavy atom. The van der Waals surface area contributed by atoms with E-state index in [9.17, 15) is 9.90 Å². The van der Waals surface area contributed by atoms with E-state index in [0.717, 1.165) is 25.2 Å². The number of rotatable bonds is 6. The van der Waals surface area contributed by atoms with Gasteiger partial charge in [0.2, 0.25) is 0 Å². The first kappa shape index (κ1) is 15.8. The highest BCUT2D eigenvalue weighted by atomic mass is 16.4. The summed E-state index contributed by atoms with van der Waals surface area (Å²) in [6.07, 6.45) is 12.0. The second-order valence-corrected chi connectivity index (χ2v) is 6.84. The zero-order valence-corrected chi connectivity index (χ0v) is 13.2. The molecule has 4 atom stereocenters. The number of fused-ring (bicyclic) bond motifs is 1. The van der Waals surface area contributed by atoms with Crippen molar-refractivity contribution in [1.29, 1.82) is 0 Å². The largest absolute Gasteiger partial charge is 0.480 e. The molecule has 4 unspecified atom stereocenters. The fraction of sp³-hybridized carbons (Fsp3) is 0.941. The van der Waals surface area contributed by atoms with Crippen molar-refractivity contribution in [2.24, 2.45) is 5.92 Å². The standard InChI is InChI=1S/C17H31NO2/c1-3-4-5-8-13(2)18-15-10-7-6-9-14(15)11-12-16(18)17(19)20/h13-16H,3-12H2,1-2H3,(H,19,20). The molecule has 0 amide bonds. The number of aliphatic carboxylic acids is 1. The molecule has 1 aliphatic heterocycles. The first-order valence-electron chi connectivity index (χ1n) is 8.65. The van der Waals surface area contributed by atoms with Crippen LogP contribution in [0.2, 0.25) is 0 Å². The van der Waals surface area contributed by atoms with E-state index in [4.69, 9.17) is 0 Å². The van der Waals surface area contributed by atoms with Crippen molar-refractivity contribution in [3.8, 4) is 0 Å². The Balaban J connectivity index is 2.05. The quantitative estimate of drug-likeness (QED) is 0.746. The molecule has 0 aromatic heterocycles. The zero-order chi connectivity index (χ0) is 14.5. The molecule has 2 aliphatic rings. The Bertz CT molecular complexity index is 318. The summed E-state index contributed by atoms with van der Waals surface area (Å²) >= 11 is 0. The Labute approximate surface area is 123 Å². The van der Waals surface area contributed by atoms with Crippen LogP contribution in [0.25, 0.3) is 0 Å². The van der Waals surface area contributed by atoms with Crippen LogP contribution in [-0.2, 0) is 4.79 Å². The van der Waals surface area contributed by atoms with E-state index < -0.39 is 5.97 Å². The summed E-state index contributed by atoms with van der Waals surface area (Å²) < 4.78 is 0. The lowest BCUT2D eigenvalue weighted by molar-refractivity contribution is -0.150. The lowest BCUT2D eigenvalue weighted by Gasteiger charge is -2.50. The number of hydrogen-bond donors (Lipinski definition) is 1. The Kier molecular flexibility index (Phi) is 5.88. The molecule has 0 spiro atoms. The molecule has 116 valence electrons. The smallest absolute Gasteiger partial charge is 0.320 e. The van der Waals surface area contributed by atoms with Gasteiger partial charge in [-0.15, -0.1) is 0 Å². The average molecular weight is 281 g/mol. The predicted octanol–water partition coefficient (Wildman–Crippen LogP) is 4.06. The van der Waals surface area contributed by atoms with E-state index in [-0.39, 0.29) is 6.04 Å². The fourth-order valence-corrected chi connectivity index (χ4v) is 4.39. The van der Waals surface area contributed by atoms with Crippen molar-refractivity contribution < 1.29 is 9.90 Å². The van der Waals surface area contributed by atoms with Crippen LogP contribution in [0, 0.1) is 5.92 Å². The minimum atomic E-state index is -0.601. The number of nitrogens with zero attached hydrogens (tertiary/aromatic N) is 1. The second-order valence-electron chi connectivity index (χ2n) is 6.84. The topological polar surface area (TPSA) is 40.5 Å². The number of hydrogen-bond acceptors (Lipinski definition) is 2. The molecule has 3 heteroatoms. The zero-order valence-electron chi connectivity index (χ0n) is 13.2. The molecular weight excluding hydrogens is 250 g/mol. The van der Waals surface area contributed by atoms with Crippen LogP contribution in [0.5, 0.6) is 0 Å². The monoisotopic (exact) mass is 281 g/mol. The third kappa shape index (κ3) is 3.55. The predicted molar refractivity (Wildman–Crippen MR) is 81.8 cm³/mol. The van der Waals surface area contributed by atoms with Gasteiger partial charge < -0.3 is 5.11 Å². The van der Waals surface area contributed by atoms with E-state index in [0.29, 0.717) is 12.1 Å². The second kappa shape index (κ2) is 7.44. The van der Waals surface area contributed by atoms with Crippen LogP contribution in [0.4, 0.5) is 0 Å². The van der Waals surface area contributed by atoms with E-state index in [1.807, 2.05) is 0 Å². The molecule has 1 N–H and O–H groups in total. The van der Waals surface area contributed by atoms with Gasteiger partial charge in [-0.3, -0.25) is 9.69 Å². The summed E-state index contributed by atoms with van der Waals surface area (Å²) in [6, 6.07) is 0.731. The van der Waals surface area contributed by atoms with Crippen LogP contribution in [0.15, 0.2) is 0 Å². The summed E-state index contributed by atoms with van der Waals surface area (Å²) in [4.78, 5) is 14.0. The van der Waals surface area contributed by atoms with Crippen LogP contribution >= 0.6 is 0 Å². The molecule has 0 aromatic carbocycles. The Morgan fingerprint density at radius 1 is 1.20 bits per heavy atom. The highest BCUT2D eigenvalue weighted by Crippen LogP contribution is 2.39. The summed E-state index contributed by atoms with van der Waals surface area (Å²) in [5, 5.41) is 9.58. The van der Waals surface area contributed by atoms with Crippen molar-refractivity contribution in [3.05, 3.63) is 0 Å². The Hall–Kier alpha value is -0.570. The molecule has 0 bridgehead atoms. The molecule has 20 heavy (non-hydrogen) atoms. The number of carboxylic acids is 1. The van der Waals surface area contributed by atoms with Gasteiger partial charge >= 0.3 is 5.97 Å². The number of unbranched alkanes of at least 4 members (excludes halogenated alkanes) is 2. The van der Waals surface area contributed by atoms with E-state index >= 15 is 0 Å². The van der Waals surface area contributed by atoms with Gasteiger partial charge in [0, 0.05) is 12.1 Å². The van der Waals surface area contributed by atoms with Crippen molar-refractivity contribution in [1.82, 2.24) is 4.90 Å². The van der Waals surface area contributed by atoms with Crippen molar-refractivity contribution >= 4 is 5.97 Å². The maximum Gasteiger partial charge on any atom is 0.320 e. The third-order valence-electron chi connectivity index (χ3n) is 5.44. The highest BCUT2D eigenvalue weighted by molar-refractivity contribution is 5.73. The van der Waals surface area contributed by atoms with Crippen molar-refractivity contribution in [2.75, 3.05) is 0 Å². The molecule has 1 aliphatic carbocycles. The summed E-state index contributed by atoms with van der Waals surface area (Å²) in [5.74, 6) is 0.157. The normalized spacial score (nSPS) is 32.6. The molecule has 1 saturated carbocycles. The van der Waals surface area contributed by atoms with Gasteiger partial charge in [-0.05, 0) is 44.9 Å². The summed E-state index contributed by atoms with van der Waals surface area (Å²) in [5.41, 5.74) is 0. The Morgan fingerprint density at radius 3 is 2.65 bits per heavy atom. The van der Waals surface area contributed by atoms with Crippen LogP contribution in [0.3, 0.4) is 0 Å². The third-order valence-corrected chi connectivity index (χ3v) is 5.44. The first-order valence-corrected chi connectivity index (χ1v) is 8.65. The molecule has 2 rings (SSSR count). The molecule has 2 fully saturated rings. The minimum Gasteiger partial charge on any atom is -0.480 e. The van der Waals surface area contributed by atoms with E-state index in [1.165, 1.54) is 44.9 Å². The molecule has 3 nitrogen and oxygen atoms in total. The molecule has 1 saturated heterocycles. The maximum absolute atomic E-state index is 11.6. The number of carboxylic acid groups (broad SMARTS) is 1. The van der Waals surface area contributed by atoms with E-state index in [1.54, 1.807) is 0 Å². The number of carbonyl (C=O) groups is 1. The lowest BCUT2D eigenvalue weighted by atomic mass is 9.75. The SMILES string of the molecule is CCCCCC(C)N1C(C(=O)O)CCC2CCCCC21. The van der Waals surface area contributed by atoms with Crippen molar-refractivity contribution in [2.45, 2.75) is 96.2 Å². The van der Waals surface area contributed by atoms with Gasteiger partial charge in [0.15, 0.2) is 0 Å². The minimum absolute atomic E-state index is 0.231. The molecular formula is C17H31NO2. The van der Waals surface area contributed by atoms with Gasteiger partial charge in [0.1, 0.15) is 6.04 Å². The summed E-state index contributed by atoms with van der Waals surface area (Å²) in [7, 11) is 0. The molecule has 0 aromatic rings. The molecule has 1 heterocycles. The van der Waals surface area contributed by atoms with Crippen LogP contribution < -0.4 is 0 Å². The molecule has 0 radical (unpaired) electrons. The average Bonchev–Trinajstić information content (AvgIpc) is 2.46. The number of likely N-dealkylation sites (tertiary alicyclic amines) is 1. The maximum atomic E-state index is 11.6. The van der Waals surface area contributed by atoms with Gasteiger partial charge in [-0.25, -0.2) is 0 Å². The highest BCUT2D eigenvalue weighted by Gasteiger charge is 2.42. The fourth-order valence-electron chi connectivity index (χ4n) is 4.39.